The van der Waals surface area contributed by atoms with Gasteiger partial charge in [0.25, 0.3) is 5.91 Å². The van der Waals surface area contributed by atoms with Crippen LogP contribution < -0.4 is 14.9 Å². The minimum absolute atomic E-state index is 0.0828. The Morgan fingerprint density at radius 3 is 2.81 bits per heavy atom. The van der Waals surface area contributed by atoms with Crippen LogP contribution in [0.3, 0.4) is 0 Å². The van der Waals surface area contributed by atoms with Crippen molar-refractivity contribution in [1.82, 2.24) is 10.4 Å². The first-order valence-electron chi connectivity index (χ1n) is 8.95. The summed E-state index contributed by atoms with van der Waals surface area (Å²) >= 11 is 12.3. The number of hydrogen-bond acceptors (Lipinski definition) is 6. The average Bonchev–Trinajstić information content (AvgIpc) is 2.78. The van der Waals surface area contributed by atoms with E-state index in [9.17, 15) is 10.1 Å². The van der Waals surface area contributed by atoms with Gasteiger partial charge in [0, 0.05) is 11.8 Å². The minimum Gasteiger partial charge on any atom is -0.493 e. The summed E-state index contributed by atoms with van der Waals surface area (Å²) in [5.74, 6) is 0.216. The highest BCUT2D eigenvalue weighted by Crippen LogP contribution is 2.36. The highest BCUT2D eigenvalue weighted by molar-refractivity contribution is 6.33. The van der Waals surface area contributed by atoms with Crippen LogP contribution in [0, 0.1) is 11.3 Å². The molecular formula is C22H16Cl2N4O3. The molecule has 0 fully saturated rings. The van der Waals surface area contributed by atoms with Crippen LogP contribution in [0.4, 0.5) is 0 Å². The van der Waals surface area contributed by atoms with E-state index in [1.165, 1.54) is 25.6 Å². The second-order valence-electron chi connectivity index (χ2n) is 6.13. The van der Waals surface area contributed by atoms with Crippen LogP contribution in [0.1, 0.15) is 27.0 Å². The molecule has 0 aliphatic heterocycles. The molecule has 9 heteroatoms. The van der Waals surface area contributed by atoms with Gasteiger partial charge in [0.2, 0.25) is 0 Å². The van der Waals surface area contributed by atoms with Crippen molar-refractivity contribution in [3.63, 3.8) is 0 Å². The van der Waals surface area contributed by atoms with Gasteiger partial charge in [-0.3, -0.25) is 4.79 Å². The van der Waals surface area contributed by atoms with Gasteiger partial charge in [0.15, 0.2) is 11.5 Å². The molecule has 0 unspecified atom stereocenters. The van der Waals surface area contributed by atoms with Crippen molar-refractivity contribution in [3.8, 4) is 17.6 Å². The summed E-state index contributed by atoms with van der Waals surface area (Å²) in [5, 5.41) is 13.5. The molecule has 0 atom stereocenters. The number of nitrogens with one attached hydrogen (secondary N) is 1. The number of aromatic nitrogens is 1. The number of hydrazone groups is 1. The van der Waals surface area contributed by atoms with Crippen molar-refractivity contribution < 1.29 is 14.3 Å². The van der Waals surface area contributed by atoms with E-state index < -0.39 is 5.91 Å². The Kier molecular flexibility index (Phi) is 7.44. The van der Waals surface area contributed by atoms with Crippen molar-refractivity contribution in [3.05, 3.63) is 87.2 Å². The van der Waals surface area contributed by atoms with Gasteiger partial charge < -0.3 is 9.47 Å². The predicted octanol–water partition coefficient (Wildman–Crippen LogP) is 4.61. The lowest BCUT2D eigenvalue weighted by Crippen LogP contribution is -2.18. The average molecular weight is 455 g/mol. The molecule has 0 saturated heterocycles. The second-order valence-corrected chi connectivity index (χ2v) is 6.90. The molecule has 1 N–H and O–H groups in total. The molecule has 0 spiro atoms. The van der Waals surface area contributed by atoms with Crippen LogP contribution in [-0.4, -0.2) is 24.2 Å². The van der Waals surface area contributed by atoms with E-state index >= 15 is 0 Å². The molecule has 0 saturated carbocycles. The number of amides is 1. The fraction of sp³-hybridized carbons (Fsp3) is 0.0909. The summed E-state index contributed by atoms with van der Waals surface area (Å²) in [6.07, 6.45) is 2.89. The smallest absolute Gasteiger partial charge is 0.274 e. The number of halogens is 2. The second kappa shape index (κ2) is 10.4. The Bertz CT molecular complexity index is 1180. The van der Waals surface area contributed by atoms with E-state index in [0.29, 0.717) is 22.6 Å². The predicted molar refractivity (Wildman–Crippen MR) is 118 cm³/mol. The molecule has 1 amide bonds. The maximum Gasteiger partial charge on any atom is 0.274 e. The third kappa shape index (κ3) is 5.51. The normalized spacial score (nSPS) is 10.5. The number of methoxy groups -OCH3 is 1. The molecule has 0 radical (unpaired) electrons. The molecule has 0 aliphatic rings. The van der Waals surface area contributed by atoms with Crippen molar-refractivity contribution in [2.45, 2.75) is 6.61 Å². The van der Waals surface area contributed by atoms with Crippen molar-refractivity contribution in [2.24, 2.45) is 5.10 Å². The van der Waals surface area contributed by atoms with Crippen LogP contribution in [-0.2, 0) is 6.61 Å². The highest BCUT2D eigenvalue weighted by atomic mass is 35.5. The number of pyridine rings is 1. The van der Waals surface area contributed by atoms with Crippen molar-refractivity contribution in [1.29, 1.82) is 5.26 Å². The van der Waals surface area contributed by atoms with E-state index in [-0.39, 0.29) is 22.3 Å². The number of hydrogen-bond donors (Lipinski definition) is 1. The zero-order valence-electron chi connectivity index (χ0n) is 16.3. The summed E-state index contributed by atoms with van der Waals surface area (Å²) in [7, 11) is 1.48. The summed E-state index contributed by atoms with van der Waals surface area (Å²) < 4.78 is 11.2. The Morgan fingerprint density at radius 2 is 2.06 bits per heavy atom. The van der Waals surface area contributed by atoms with Crippen LogP contribution in [0.2, 0.25) is 10.2 Å². The van der Waals surface area contributed by atoms with E-state index in [2.05, 4.69) is 21.6 Å². The fourth-order valence-corrected chi connectivity index (χ4v) is 3.12. The molecule has 156 valence electrons. The SMILES string of the molecule is COc1cc(C=NNC(=O)c2cccnc2Cl)cc(Cl)c1OCc1ccccc1C#N. The first-order valence-corrected chi connectivity index (χ1v) is 9.71. The number of rotatable bonds is 7. The van der Waals surface area contributed by atoms with E-state index in [1.807, 2.05) is 6.07 Å². The summed E-state index contributed by atoms with van der Waals surface area (Å²) in [6.45, 7) is 0.148. The van der Waals surface area contributed by atoms with Crippen molar-refractivity contribution >= 4 is 35.3 Å². The van der Waals surface area contributed by atoms with Gasteiger partial charge in [-0.2, -0.15) is 10.4 Å². The Hall–Kier alpha value is -3.60. The maximum absolute atomic E-state index is 12.1. The van der Waals surface area contributed by atoms with E-state index in [1.54, 1.807) is 36.4 Å². The zero-order chi connectivity index (χ0) is 22.2. The summed E-state index contributed by atoms with van der Waals surface area (Å²) in [5.41, 5.74) is 4.41. The van der Waals surface area contributed by atoms with Crippen LogP contribution in [0.15, 0.2) is 59.8 Å². The molecule has 7 nitrogen and oxygen atoms in total. The first-order chi connectivity index (χ1) is 15.0. The van der Waals surface area contributed by atoms with E-state index in [0.717, 1.165) is 5.56 Å². The largest absolute Gasteiger partial charge is 0.493 e. The van der Waals surface area contributed by atoms with Gasteiger partial charge in [-0.1, -0.05) is 41.4 Å². The van der Waals surface area contributed by atoms with Gasteiger partial charge >= 0.3 is 0 Å². The number of nitriles is 1. The minimum atomic E-state index is -0.497. The lowest BCUT2D eigenvalue weighted by Gasteiger charge is -2.14. The molecule has 0 aliphatic carbocycles. The fourth-order valence-electron chi connectivity index (χ4n) is 2.64. The maximum atomic E-state index is 12.1. The lowest BCUT2D eigenvalue weighted by molar-refractivity contribution is 0.0955. The van der Waals surface area contributed by atoms with Gasteiger partial charge in [-0.05, 0) is 35.9 Å². The molecule has 3 rings (SSSR count). The zero-order valence-corrected chi connectivity index (χ0v) is 17.8. The number of carbonyl (C=O) groups is 1. The van der Waals surface area contributed by atoms with Gasteiger partial charge in [-0.25, -0.2) is 10.4 Å². The molecule has 1 aromatic heterocycles. The third-order valence-electron chi connectivity index (χ3n) is 4.15. The Labute approximate surface area is 188 Å². The van der Waals surface area contributed by atoms with Crippen LogP contribution >= 0.6 is 23.2 Å². The Morgan fingerprint density at radius 1 is 1.26 bits per heavy atom. The number of carbonyl (C=O) groups excluding carboxylic acids is 1. The highest BCUT2D eigenvalue weighted by Gasteiger charge is 2.13. The number of nitrogens with zero attached hydrogens (tertiary/aromatic N) is 3. The monoisotopic (exact) mass is 454 g/mol. The summed E-state index contributed by atoms with van der Waals surface area (Å²) in [4.78, 5) is 16.0. The Balaban J connectivity index is 1.73. The molecule has 31 heavy (non-hydrogen) atoms. The quantitative estimate of drug-likeness (QED) is 0.319. The molecule has 1 heterocycles. The number of benzene rings is 2. The van der Waals surface area contributed by atoms with Crippen LogP contribution in [0.5, 0.6) is 11.5 Å². The molecular weight excluding hydrogens is 439 g/mol. The molecule has 0 bridgehead atoms. The first kappa shape index (κ1) is 22.1. The molecule has 2 aromatic carbocycles. The van der Waals surface area contributed by atoms with Crippen molar-refractivity contribution in [2.75, 3.05) is 7.11 Å². The van der Waals surface area contributed by atoms with Gasteiger partial charge in [0.1, 0.15) is 11.8 Å². The van der Waals surface area contributed by atoms with E-state index in [4.69, 9.17) is 32.7 Å². The summed E-state index contributed by atoms with van der Waals surface area (Å²) in [6, 6.07) is 15.7. The van der Waals surface area contributed by atoms with Gasteiger partial charge in [0.05, 0.1) is 35.5 Å². The van der Waals surface area contributed by atoms with Crippen LogP contribution in [0.25, 0.3) is 0 Å². The third-order valence-corrected chi connectivity index (χ3v) is 4.73. The standard InChI is InChI=1S/C22H16Cl2N4O3/c1-30-19-10-14(12-27-28-22(29)17-7-4-8-26-21(17)24)9-18(23)20(19)31-13-16-6-3-2-5-15(16)11-25/h2-10,12H,13H2,1H3,(H,28,29). The topological polar surface area (TPSA) is 96.6 Å². The lowest BCUT2D eigenvalue weighted by atomic mass is 10.1. The van der Waals surface area contributed by atoms with Gasteiger partial charge in [-0.15, -0.1) is 0 Å². The number of ether oxygens (including phenoxy) is 2. The molecule has 3 aromatic rings.